The van der Waals surface area contributed by atoms with Gasteiger partial charge in [-0.3, -0.25) is 0 Å². The molecule has 0 amide bonds. The zero-order valence-corrected chi connectivity index (χ0v) is 13.6. The molecule has 0 aromatic carbocycles. The number of anilines is 1. The topological polar surface area (TPSA) is 29.0 Å². The first kappa shape index (κ1) is 16.2. The van der Waals surface area contributed by atoms with Gasteiger partial charge < -0.3 is 4.90 Å². The summed E-state index contributed by atoms with van der Waals surface area (Å²) < 4.78 is 0. The van der Waals surface area contributed by atoms with E-state index in [9.17, 15) is 0 Å². The molecule has 0 spiro atoms. The zero-order chi connectivity index (χ0) is 14.4. The molecule has 0 atom stereocenters. The van der Waals surface area contributed by atoms with Gasteiger partial charge in [-0.1, -0.05) is 38.3 Å². The van der Waals surface area contributed by atoms with Crippen LogP contribution in [0.1, 0.15) is 58.3 Å². The Kier molecular flexibility index (Phi) is 6.56. The van der Waals surface area contributed by atoms with E-state index >= 15 is 0 Å². The van der Waals surface area contributed by atoms with Gasteiger partial charge in [0.25, 0.3) is 0 Å². The number of rotatable bonds is 7. The Labute approximate surface area is 122 Å². The summed E-state index contributed by atoms with van der Waals surface area (Å²) in [5, 5.41) is 0.586. The summed E-state index contributed by atoms with van der Waals surface area (Å²) >= 11 is 6.23. The molecule has 19 heavy (non-hydrogen) atoms. The third kappa shape index (κ3) is 4.34. The first-order valence-electron chi connectivity index (χ1n) is 7.30. The minimum Gasteiger partial charge on any atom is -0.354 e. The fourth-order valence-corrected chi connectivity index (χ4v) is 2.28. The van der Waals surface area contributed by atoms with E-state index in [0.717, 1.165) is 30.2 Å². The van der Waals surface area contributed by atoms with Crippen molar-refractivity contribution in [3.63, 3.8) is 0 Å². The molecule has 0 radical (unpaired) electrons. The lowest BCUT2D eigenvalue weighted by atomic mass is 10.2. The predicted molar refractivity (Wildman–Crippen MR) is 83.2 cm³/mol. The lowest BCUT2D eigenvalue weighted by Gasteiger charge is -2.29. The van der Waals surface area contributed by atoms with Crippen LogP contribution in [0.3, 0.4) is 0 Å². The summed E-state index contributed by atoms with van der Waals surface area (Å²) in [6, 6.07) is 0.422. The van der Waals surface area contributed by atoms with Crippen LogP contribution in [-0.2, 0) is 6.42 Å². The van der Waals surface area contributed by atoms with E-state index < -0.39 is 0 Å². The van der Waals surface area contributed by atoms with Crippen molar-refractivity contribution in [3.8, 4) is 0 Å². The van der Waals surface area contributed by atoms with Crippen LogP contribution in [0.15, 0.2) is 0 Å². The van der Waals surface area contributed by atoms with Crippen molar-refractivity contribution < 1.29 is 0 Å². The molecular weight excluding hydrogens is 258 g/mol. The van der Waals surface area contributed by atoms with E-state index in [0.29, 0.717) is 11.2 Å². The quantitative estimate of drug-likeness (QED) is 0.548. The van der Waals surface area contributed by atoms with E-state index in [1.165, 1.54) is 19.3 Å². The van der Waals surface area contributed by atoms with E-state index in [1.54, 1.807) is 0 Å². The molecule has 108 valence electrons. The Balaban J connectivity index is 3.03. The van der Waals surface area contributed by atoms with Gasteiger partial charge in [-0.05, 0) is 27.2 Å². The SMILES string of the molecule is CCCCCN(c1nc(CC)nc(Cl)c1C)C(C)C. The molecule has 0 N–H and O–H groups in total. The number of unbranched alkanes of at least 4 members (excludes halogenated alkanes) is 2. The number of halogens is 1. The van der Waals surface area contributed by atoms with Gasteiger partial charge in [0.05, 0.1) is 0 Å². The second-order valence-corrected chi connectivity index (χ2v) is 5.59. The number of hydrogen-bond acceptors (Lipinski definition) is 3. The van der Waals surface area contributed by atoms with Crippen LogP contribution >= 0.6 is 11.6 Å². The summed E-state index contributed by atoms with van der Waals surface area (Å²) in [5.74, 6) is 1.83. The highest BCUT2D eigenvalue weighted by atomic mass is 35.5. The fourth-order valence-electron chi connectivity index (χ4n) is 2.10. The molecule has 0 saturated carbocycles. The lowest BCUT2D eigenvalue weighted by Crippen LogP contribution is -2.33. The molecule has 0 aliphatic carbocycles. The maximum atomic E-state index is 6.23. The minimum atomic E-state index is 0.422. The Morgan fingerprint density at radius 2 is 1.84 bits per heavy atom. The van der Waals surface area contributed by atoms with Crippen molar-refractivity contribution in [2.24, 2.45) is 0 Å². The number of aryl methyl sites for hydroxylation is 1. The molecule has 0 fully saturated rings. The Morgan fingerprint density at radius 3 is 2.37 bits per heavy atom. The normalized spacial score (nSPS) is 11.1. The molecule has 0 unspecified atom stereocenters. The standard InChI is InChI=1S/C15H26ClN3/c1-6-8-9-10-19(11(3)4)15-12(5)14(16)17-13(7-2)18-15/h11H,6-10H2,1-5H3. The van der Waals surface area contributed by atoms with E-state index in [4.69, 9.17) is 11.6 Å². The van der Waals surface area contributed by atoms with Crippen molar-refractivity contribution in [3.05, 3.63) is 16.5 Å². The minimum absolute atomic E-state index is 0.422. The van der Waals surface area contributed by atoms with Gasteiger partial charge in [0.1, 0.15) is 16.8 Å². The Bertz CT molecular complexity index is 405. The second kappa shape index (κ2) is 7.68. The van der Waals surface area contributed by atoms with Gasteiger partial charge in [-0.25, -0.2) is 9.97 Å². The molecule has 1 aromatic heterocycles. The largest absolute Gasteiger partial charge is 0.354 e. The number of nitrogens with zero attached hydrogens (tertiary/aromatic N) is 3. The molecule has 0 bridgehead atoms. The van der Waals surface area contributed by atoms with Crippen LogP contribution in [0, 0.1) is 6.92 Å². The molecule has 0 aliphatic heterocycles. The van der Waals surface area contributed by atoms with Gasteiger partial charge >= 0.3 is 0 Å². The van der Waals surface area contributed by atoms with Crippen LogP contribution in [0.2, 0.25) is 5.15 Å². The summed E-state index contributed by atoms with van der Waals surface area (Å²) in [6.07, 6.45) is 4.49. The molecular formula is C15H26ClN3. The molecule has 1 rings (SSSR count). The lowest BCUT2D eigenvalue weighted by molar-refractivity contribution is 0.616. The number of hydrogen-bond donors (Lipinski definition) is 0. The summed E-state index contributed by atoms with van der Waals surface area (Å²) in [6.45, 7) is 11.7. The van der Waals surface area contributed by atoms with Gasteiger partial charge in [0, 0.05) is 24.6 Å². The van der Waals surface area contributed by atoms with E-state index in [1.807, 2.05) is 6.92 Å². The molecule has 0 aliphatic rings. The van der Waals surface area contributed by atoms with Crippen LogP contribution in [0.5, 0.6) is 0 Å². The van der Waals surface area contributed by atoms with Crippen LogP contribution in [0.4, 0.5) is 5.82 Å². The Hall–Kier alpha value is -0.830. The maximum Gasteiger partial charge on any atom is 0.137 e. The van der Waals surface area contributed by atoms with Gasteiger partial charge in [-0.2, -0.15) is 0 Å². The number of aromatic nitrogens is 2. The highest BCUT2D eigenvalue weighted by Crippen LogP contribution is 2.25. The maximum absolute atomic E-state index is 6.23. The molecule has 0 saturated heterocycles. The second-order valence-electron chi connectivity index (χ2n) is 5.23. The Morgan fingerprint density at radius 1 is 1.16 bits per heavy atom. The highest BCUT2D eigenvalue weighted by Gasteiger charge is 2.17. The summed E-state index contributed by atoms with van der Waals surface area (Å²) in [4.78, 5) is 11.3. The van der Waals surface area contributed by atoms with Crippen LogP contribution in [-0.4, -0.2) is 22.6 Å². The average molecular weight is 284 g/mol. The highest BCUT2D eigenvalue weighted by molar-refractivity contribution is 6.30. The summed E-state index contributed by atoms with van der Waals surface area (Å²) in [7, 11) is 0. The van der Waals surface area contributed by atoms with Gasteiger partial charge in [0.2, 0.25) is 0 Å². The first-order valence-corrected chi connectivity index (χ1v) is 7.68. The third-order valence-corrected chi connectivity index (χ3v) is 3.69. The average Bonchev–Trinajstić information content (AvgIpc) is 2.38. The molecule has 1 heterocycles. The van der Waals surface area contributed by atoms with Crippen molar-refractivity contribution in [1.29, 1.82) is 0 Å². The van der Waals surface area contributed by atoms with Crippen molar-refractivity contribution >= 4 is 17.4 Å². The van der Waals surface area contributed by atoms with E-state index in [-0.39, 0.29) is 0 Å². The van der Waals surface area contributed by atoms with Crippen molar-refractivity contribution in [2.45, 2.75) is 66.3 Å². The predicted octanol–water partition coefficient (Wildman–Crippen LogP) is 4.41. The van der Waals surface area contributed by atoms with Crippen LogP contribution < -0.4 is 4.90 Å². The fraction of sp³-hybridized carbons (Fsp3) is 0.733. The summed E-state index contributed by atoms with van der Waals surface area (Å²) in [5.41, 5.74) is 0.990. The van der Waals surface area contributed by atoms with Gasteiger partial charge in [-0.15, -0.1) is 0 Å². The smallest absolute Gasteiger partial charge is 0.137 e. The monoisotopic (exact) mass is 283 g/mol. The van der Waals surface area contributed by atoms with Gasteiger partial charge in [0.15, 0.2) is 0 Å². The zero-order valence-electron chi connectivity index (χ0n) is 12.8. The van der Waals surface area contributed by atoms with Crippen molar-refractivity contribution in [2.75, 3.05) is 11.4 Å². The first-order chi connectivity index (χ1) is 9.01. The molecule has 4 heteroatoms. The van der Waals surface area contributed by atoms with E-state index in [2.05, 4.69) is 42.6 Å². The van der Waals surface area contributed by atoms with Crippen molar-refractivity contribution in [1.82, 2.24) is 9.97 Å². The van der Waals surface area contributed by atoms with Crippen LogP contribution in [0.25, 0.3) is 0 Å². The third-order valence-electron chi connectivity index (χ3n) is 3.32. The molecule has 1 aromatic rings. The molecule has 3 nitrogen and oxygen atoms in total.